The van der Waals surface area contributed by atoms with Crippen LogP contribution in [0.15, 0.2) is 24.3 Å². The van der Waals surface area contributed by atoms with E-state index in [0.717, 1.165) is 31.9 Å². The second-order valence-electron chi connectivity index (χ2n) is 4.51. The Labute approximate surface area is 110 Å². The van der Waals surface area contributed by atoms with Crippen molar-refractivity contribution >= 4 is 5.69 Å². The molecule has 102 valence electrons. The Morgan fingerprint density at radius 1 is 1.06 bits per heavy atom. The normalized spacial score (nSPS) is 10.6. The molecule has 1 aromatic carbocycles. The number of unbranched alkanes of at least 4 members (excludes halogenated alkanes) is 2. The van der Waals surface area contributed by atoms with Gasteiger partial charge in [0.25, 0.3) is 0 Å². The molecule has 3 heteroatoms. The zero-order chi connectivity index (χ0) is 13.2. The first-order valence-electron chi connectivity index (χ1n) is 6.99. The molecule has 0 aliphatic rings. The van der Waals surface area contributed by atoms with Gasteiger partial charge in [0.05, 0.1) is 0 Å². The summed E-state index contributed by atoms with van der Waals surface area (Å²) >= 11 is 0. The van der Waals surface area contributed by atoms with Crippen LogP contribution < -0.4 is 10.2 Å². The van der Waals surface area contributed by atoms with Crippen LogP contribution >= 0.6 is 0 Å². The fourth-order valence-corrected chi connectivity index (χ4v) is 1.96. The van der Waals surface area contributed by atoms with Crippen molar-refractivity contribution in [3.63, 3.8) is 0 Å². The van der Waals surface area contributed by atoms with Gasteiger partial charge in [-0.3, -0.25) is 0 Å². The molecule has 2 nitrogen and oxygen atoms in total. The van der Waals surface area contributed by atoms with Gasteiger partial charge in [-0.2, -0.15) is 0 Å². The first kappa shape index (κ1) is 15.0. The fraction of sp³-hybridized carbons (Fsp3) is 0.600. The zero-order valence-electron chi connectivity index (χ0n) is 11.6. The third-order valence-corrected chi connectivity index (χ3v) is 3.09. The second-order valence-corrected chi connectivity index (χ2v) is 4.51. The maximum atomic E-state index is 12.8. The lowest BCUT2D eigenvalue weighted by Crippen LogP contribution is -2.32. The van der Waals surface area contributed by atoms with E-state index in [0.29, 0.717) is 0 Å². The first-order valence-corrected chi connectivity index (χ1v) is 6.99. The summed E-state index contributed by atoms with van der Waals surface area (Å²) in [4.78, 5) is 2.26. The van der Waals surface area contributed by atoms with E-state index in [1.807, 2.05) is 12.1 Å². The van der Waals surface area contributed by atoms with Gasteiger partial charge in [-0.25, -0.2) is 4.39 Å². The Morgan fingerprint density at radius 3 is 2.39 bits per heavy atom. The number of hydrogen-bond donors (Lipinski definition) is 1. The van der Waals surface area contributed by atoms with Crippen LogP contribution in [-0.2, 0) is 0 Å². The first-order chi connectivity index (χ1) is 8.77. The standard InChI is InChI=1S/C15H25FN2/c1-3-5-6-11-17-12-13-18(4-2)15-9-7-14(16)8-10-15/h7-10,17H,3-6,11-13H2,1-2H3. The highest BCUT2D eigenvalue weighted by Crippen LogP contribution is 2.13. The Balaban J connectivity index is 2.27. The predicted molar refractivity (Wildman–Crippen MR) is 76.7 cm³/mol. The third kappa shape index (κ3) is 5.50. The lowest BCUT2D eigenvalue weighted by atomic mass is 10.2. The highest BCUT2D eigenvalue weighted by Gasteiger charge is 2.03. The number of rotatable bonds is 9. The Morgan fingerprint density at radius 2 is 1.78 bits per heavy atom. The molecule has 0 radical (unpaired) electrons. The molecule has 0 amide bonds. The van der Waals surface area contributed by atoms with E-state index in [2.05, 4.69) is 24.1 Å². The summed E-state index contributed by atoms with van der Waals surface area (Å²) in [5.41, 5.74) is 1.09. The molecular formula is C15H25FN2. The molecule has 1 aromatic rings. The van der Waals surface area contributed by atoms with Crippen molar-refractivity contribution in [2.24, 2.45) is 0 Å². The summed E-state index contributed by atoms with van der Waals surface area (Å²) in [7, 11) is 0. The summed E-state index contributed by atoms with van der Waals surface area (Å²) in [6, 6.07) is 6.73. The number of benzene rings is 1. The maximum absolute atomic E-state index is 12.8. The highest BCUT2D eigenvalue weighted by molar-refractivity contribution is 5.46. The van der Waals surface area contributed by atoms with Gasteiger partial charge < -0.3 is 10.2 Å². The molecule has 0 saturated carbocycles. The van der Waals surface area contributed by atoms with Crippen molar-refractivity contribution in [2.45, 2.75) is 33.1 Å². The van der Waals surface area contributed by atoms with Gasteiger partial charge in [-0.05, 0) is 44.2 Å². The molecule has 0 bridgehead atoms. The van der Waals surface area contributed by atoms with Crippen molar-refractivity contribution in [1.82, 2.24) is 5.32 Å². The Bertz CT molecular complexity index is 311. The van der Waals surface area contributed by atoms with E-state index in [1.54, 1.807) is 0 Å². The number of hydrogen-bond acceptors (Lipinski definition) is 2. The minimum atomic E-state index is -0.174. The summed E-state index contributed by atoms with van der Waals surface area (Å²) < 4.78 is 12.8. The zero-order valence-corrected chi connectivity index (χ0v) is 11.6. The molecule has 0 unspecified atom stereocenters. The van der Waals surface area contributed by atoms with E-state index in [1.165, 1.54) is 31.4 Å². The lowest BCUT2D eigenvalue weighted by Gasteiger charge is -2.23. The van der Waals surface area contributed by atoms with Gasteiger partial charge in [0.2, 0.25) is 0 Å². The van der Waals surface area contributed by atoms with Crippen LogP contribution in [-0.4, -0.2) is 26.2 Å². The third-order valence-electron chi connectivity index (χ3n) is 3.09. The van der Waals surface area contributed by atoms with E-state index in [-0.39, 0.29) is 5.82 Å². The van der Waals surface area contributed by atoms with Crippen LogP contribution in [0.2, 0.25) is 0 Å². The van der Waals surface area contributed by atoms with Gasteiger partial charge in [0.15, 0.2) is 0 Å². The smallest absolute Gasteiger partial charge is 0.123 e. The second kappa shape index (κ2) is 8.92. The number of halogens is 1. The van der Waals surface area contributed by atoms with Crippen LogP contribution in [0.5, 0.6) is 0 Å². The molecule has 0 spiro atoms. The topological polar surface area (TPSA) is 15.3 Å². The largest absolute Gasteiger partial charge is 0.371 e. The maximum Gasteiger partial charge on any atom is 0.123 e. The van der Waals surface area contributed by atoms with Crippen LogP contribution in [0.3, 0.4) is 0 Å². The van der Waals surface area contributed by atoms with Gasteiger partial charge in [-0.15, -0.1) is 0 Å². The molecule has 0 aromatic heterocycles. The number of nitrogens with zero attached hydrogens (tertiary/aromatic N) is 1. The number of likely N-dealkylation sites (N-methyl/N-ethyl adjacent to an activating group) is 1. The van der Waals surface area contributed by atoms with Crippen LogP contribution in [0.4, 0.5) is 10.1 Å². The summed E-state index contributed by atoms with van der Waals surface area (Å²) in [6.07, 6.45) is 3.81. The minimum absolute atomic E-state index is 0.174. The molecule has 0 heterocycles. The molecule has 1 rings (SSSR count). The monoisotopic (exact) mass is 252 g/mol. The molecule has 0 saturated heterocycles. The number of anilines is 1. The SMILES string of the molecule is CCCCCNCCN(CC)c1ccc(F)cc1. The van der Waals surface area contributed by atoms with Gasteiger partial charge in [0, 0.05) is 25.3 Å². The molecule has 1 N–H and O–H groups in total. The van der Waals surface area contributed by atoms with Gasteiger partial charge in [0.1, 0.15) is 5.82 Å². The van der Waals surface area contributed by atoms with Crippen LogP contribution in [0, 0.1) is 5.82 Å². The van der Waals surface area contributed by atoms with E-state index in [4.69, 9.17) is 0 Å². The summed E-state index contributed by atoms with van der Waals surface area (Å²) in [5.74, 6) is -0.174. The summed E-state index contributed by atoms with van der Waals surface area (Å²) in [5, 5.41) is 3.45. The van der Waals surface area contributed by atoms with Crippen LogP contribution in [0.25, 0.3) is 0 Å². The lowest BCUT2D eigenvalue weighted by molar-refractivity contribution is 0.609. The highest BCUT2D eigenvalue weighted by atomic mass is 19.1. The molecule has 0 aliphatic heterocycles. The molecule has 0 aliphatic carbocycles. The quantitative estimate of drug-likeness (QED) is 0.677. The van der Waals surface area contributed by atoms with Crippen molar-refractivity contribution in [3.05, 3.63) is 30.1 Å². The number of nitrogens with one attached hydrogen (secondary N) is 1. The molecule has 0 fully saturated rings. The van der Waals surface area contributed by atoms with Crippen LogP contribution in [0.1, 0.15) is 33.1 Å². The van der Waals surface area contributed by atoms with Crippen molar-refractivity contribution in [2.75, 3.05) is 31.1 Å². The van der Waals surface area contributed by atoms with E-state index in [9.17, 15) is 4.39 Å². The Hall–Kier alpha value is -1.09. The fourth-order valence-electron chi connectivity index (χ4n) is 1.96. The molecule has 18 heavy (non-hydrogen) atoms. The van der Waals surface area contributed by atoms with Crippen molar-refractivity contribution in [1.29, 1.82) is 0 Å². The van der Waals surface area contributed by atoms with E-state index >= 15 is 0 Å². The Kier molecular flexibility index (Phi) is 7.42. The predicted octanol–water partition coefficient (Wildman–Crippen LogP) is 3.43. The van der Waals surface area contributed by atoms with Gasteiger partial charge >= 0.3 is 0 Å². The van der Waals surface area contributed by atoms with E-state index < -0.39 is 0 Å². The summed E-state index contributed by atoms with van der Waals surface area (Å²) in [6.45, 7) is 8.33. The molecular weight excluding hydrogens is 227 g/mol. The van der Waals surface area contributed by atoms with Crippen molar-refractivity contribution < 1.29 is 4.39 Å². The van der Waals surface area contributed by atoms with Gasteiger partial charge in [-0.1, -0.05) is 19.8 Å². The molecule has 0 atom stereocenters. The average molecular weight is 252 g/mol. The average Bonchev–Trinajstić information content (AvgIpc) is 2.39. The minimum Gasteiger partial charge on any atom is -0.371 e. The van der Waals surface area contributed by atoms with Crippen molar-refractivity contribution in [3.8, 4) is 0 Å².